The number of amides is 3. The van der Waals surface area contributed by atoms with E-state index in [-0.39, 0.29) is 53.9 Å². The fraction of sp³-hybridized carbons (Fsp3) is 0.565. The van der Waals surface area contributed by atoms with Gasteiger partial charge < -0.3 is 25.1 Å². The molecule has 33 heavy (non-hydrogen) atoms. The smallest absolute Gasteiger partial charge is 0.261 e. The maximum Gasteiger partial charge on any atom is 0.261 e. The molecule has 2 aliphatic heterocycles. The number of hydrogen-bond donors (Lipinski definition) is 2. The van der Waals surface area contributed by atoms with E-state index in [1.54, 1.807) is 23.1 Å². The molecule has 8 nitrogen and oxygen atoms in total. The van der Waals surface area contributed by atoms with Gasteiger partial charge in [-0.25, -0.2) is 0 Å². The number of halogens is 2. The van der Waals surface area contributed by atoms with Crippen LogP contribution in [0.2, 0.25) is 5.02 Å². The molecule has 1 aromatic carbocycles. The number of fused-ring (bicyclic) bond motifs is 1. The second-order valence-corrected chi connectivity index (χ2v) is 10.8. The van der Waals surface area contributed by atoms with Crippen LogP contribution >= 0.6 is 27.5 Å². The van der Waals surface area contributed by atoms with Gasteiger partial charge in [-0.2, -0.15) is 0 Å². The maximum atomic E-state index is 13.2. The molecule has 0 radical (unpaired) electrons. The van der Waals surface area contributed by atoms with Crippen LogP contribution in [0.3, 0.4) is 0 Å². The molecule has 2 heterocycles. The third kappa shape index (κ3) is 4.75. The zero-order chi connectivity index (χ0) is 23.9. The lowest BCUT2D eigenvalue weighted by atomic mass is 9.97. The van der Waals surface area contributed by atoms with Crippen molar-refractivity contribution in [2.75, 3.05) is 19.7 Å². The van der Waals surface area contributed by atoms with Gasteiger partial charge in [0.25, 0.3) is 5.91 Å². The molecule has 3 aliphatic rings. The average Bonchev–Trinajstić information content (AvgIpc) is 3.13. The molecule has 1 unspecified atom stereocenters. The summed E-state index contributed by atoms with van der Waals surface area (Å²) in [4.78, 5) is 51.3. The van der Waals surface area contributed by atoms with Gasteiger partial charge in [-0.15, -0.1) is 0 Å². The van der Waals surface area contributed by atoms with Gasteiger partial charge in [0, 0.05) is 23.5 Å². The largest absolute Gasteiger partial charge is 0.484 e. The zero-order valence-electron chi connectivity index (χ0n) is 18.5. The number of benzene rings is 1. The molecule has 0 bridgehead atoms. The van der Waals surface area contributed by atoms with Gasteiger partial charge in [-0.05, 0) is 64.2 Å². The lowest BCUT2D eigenvalue weighted by Crippen LogP contribution is -2.53. The van der Waals surface area contributed by atoms with Crippen molar-refractivity contribution in [2.24, 2.45) is 23.2 Å². The summed E-state index contributed by atoms with van der Waals surface area (Å²) in [7, 11) is 0. The highest BCUT2D eigenvalue weighted by Gasteiger charge is 2.69. The highest BCUT2D eigenvalue weighted by molar-refractivity contribution is 9.10. The summed E-state index contributed by atoms with van der Waals surface area (Å²) in [5.74, 6) is -0.304. The number of piperidine rings is 1. The number of rotatable bonds is 8. The van der Waals surface area contributed by atoms with Crippen LogP contribution in [0, 0.1) is 23.2 Å². The average molecular weight is 541 g/mol. The van der Waals surface area contributed by atoms with Gasteiger partial charge in [0.15, 0.2) is 6.61 Å². The van der Waals surface area contributed by atoms with Gasteiger partial charge in [-0.1, -0.05) is 25.4 Å². The number of nitrogens with one attached hydrogen (secondary N) is 2. The molecule has 178 valence electrons. The monoisotopic (exact) mass is 539 g/mol. The van der Waals surface area contributed by atoms with E-state index in [0.717, 1.165) is 0 Å². The molecule has 1 aromatic rings. The van der Waals surface area contributed by atoms with Gasteiger partial charge in [0.1, 0.15) is 18.1 Å². The summed E-state index contributed by atoms with van der Waals surface area (Å²) >= 11 is 9.32. The van der Waals surface area contributed by atoms with Gasteiger partial charge in [0.2, 0.25) is 11.8 Å². The van der Waals surface area contributed by atoms with Crippen LogP contribution in [0.5, 0.6) is 5.75 Å². The Hall–Kier alpha value is -2.13. The third-order valence-electron chi connectivity index (χ3n) is 7.24. The van der Waals surface area contributed by atoms with Gasteiger partial charge in [-0.3, -0.25) is 14.4 Å². The Morgan fingerprint density at radius 2 is 2.18 bits per heavy atom. The zero-order valence-corrected chi connectivity index (χ0v) is 20.8. The van der Waals surface area contributed by atoms with Crippen LogP contribution in [0.25, 0.3) is 0 Å². The van der Waals surface area contributed by atoms with Crippen molar-refractivity contribution in [2.45, 2.75) is 38.8 Å². The molecular formula is C23H27BrClN3O5. The van der Waals surface area contributed by atoms with Crippen molar-refractivity contribution < 1.29 is 23.9 Å². The molecule has 1 aliphatic carbocycles. The molecule has 0 spiro atoms. The predicted octanol–water partition coefficient (Wildman–Crippen LogP) is 2.17. The van der Waals surface area contributed by atoms with E-state index in [1.165, 1.54) is 0 Å². The number of ether oxygens (including phenoxy) is 1. The van der Waals surface area contributed by atoms with E-state index < -0.39 is 12.1 Å². The molecule has 2 N–H and O–H groups in total. The van der Waals surface area contributed by atoms with E-state index in [9.17, 15) is 19.2 Å². The van der Waals surface area contributed by atoms with Crippen LogP contribution in [0.4, 0.5) is 0 Å². The Morgan fingerprint density at radius 3 is 2.82 bits per heavy atom. The van der Waals surface area contributed by atoms with Crippen molar-refractivity contribution in [1.82, 2.24) is 15.5 Å². The number of carbonyl (C=O) groups is 4. The Morgan fingerprint density at radius 1 is 1.42 bits per heavy atom. The number of nitrogens with zero attached hydrogens (tertiary/aromatic N) is 1. The van der Waals surface area contributed by atoms with Crippen LogP contribution < -0.4 is 15.4 Å². The first kappa shape index (κ1) is 24.0. The molecule has 0 aromatic heterocycles. The Kier molecular flexibility index (Phi) is 6.73. The minimum Gasteiger partial charge on any atom is -0.484 e. The summed E-state index contributed by atoms with van der Waals surface area (Å²) in [6, 6.07) is 3.57. The third-order valence-corrected chi connectivity index (χ3v) is 8.46. The quantitative estimate of drug-likeness (QED) is 0.492. The standard InChI is InChI=1S/C23H27BrClN3O5/c1-23(2)15-9-28(18(30)11-33-14-3-4-17(25)16(24)8-14)20(19(15)23)22(32)27-13(10-29)7-12-5-6-26-21(12)31/h3-4,8,10,12-13,15,19-20H,5-7,9,11H2,1-2H3,(H,26,31)(H,27,32)/t12-,13-,15-,19-,20?/m0/s1. The first-order valence-electron chi connectivity index (χ1n) is 11.0. The number of aldehydes is 1. The second-order valence-electron chi connectivity index (χ2n) is 9.57. The summed E-state index contributed by atoms with van der Waals surface area (Å²) in [5, 5.41) is 6.06. The summed E-state index contributed by atoms with van der Waals surface area (Å²) in [5.41, 5.74) is -0.0529. The molecule has 4 rings (SSSR count). The molecule has 10 heteroatoms. The Balaban J connectivity index is 1.41. The number of likely N-dealkylation sites (tertiary alicyclic amines) is 1. The van der Waals surface area contributed by atoms with Gasteiger partial charge in [0.05, 0.1) is 11.1 Å². The van der Waals surface area contributed by atoms with Crippen molar-refractivity contribution in [3.63, 3.8) is 0 Å². The van der Waals surface area contributed by atoms with Crippen molar-refractivity contribution in [1.29, 1.82) is 0 Å². The van der Waals surface area contributed by atoms with Crippen LogP contribution in [0.1, 0.15) is 26.7 Å². The molecule has 3 fully saturated rings. The van der Waals surface area contributed by atoms with E-state index in [4.69, 9.17) is 16.3 Å². The topological polar surface area (TPSA) is 105 Å². The second kappa shape index (κ2) is 9.25. The number of hydrogen-bond acceptors (Lipinski definition) is 5. The molecule has 5 atom stereocenters. The van der Waals surface area contributed by atoms with Crippen LogP contribution in [-0.2, 0) is 19.2 Å². The van der Waals surface area contributed by atoms with E-state index >= 15 is 0 Å². The molecule has 1 saturated carbocycles. The molecule has 2 saturated heterocycles. The van der Waals surface area contributed by atoms with Crippen LogP contribution in [-0.4, -0.2) is 60.7 Å². The van der Waals surface area contributed by atoms with Crippen molar-refractivity contribution in [3.05, 3.63) is 27.7 Å². The van der Waals surface area contributed by atoms with E-state index in [0.29, 0.717) is 41.0 Å². The fourth-order valence-electron chi connectivity index (χ4n) is 5.23. The Labute approximate surface area is 205 Å². The fourth-order valence-corrected chi connectivity index (χ4v) is 5.71. The normalized spacial score (nSPS) is 28.0. The summed E-state index contributed by atoms with van der Waals surface area (Å²) in [6.07, 6.45) is 1.57. The number of carbonyl (C=O) groups excluding carboxylic acids is 4. The van der Waals surface area contributed by atoms with Gasteiger partial charge >= 0.3 is 0 Å². The minimum atomic E-state index is -0.771. The van der Waals surface area contributed by atoms with Crippen LogP contribution in [0.15, 0.2) is 22.7 Å². The van der Waals surface area contributed by atoms with E-state index in [1.807, 2.05) is 0 Å². The van der Waals surface area contributed by atoms with Crippen molar-refractivity contribution in [3.8, 4) is 5.75 Å². The lowest BCUT2D eigenvalue weighted by Gasteiger charge is -2.31. The Bertz CT molecular complexity index is 987. The van der Waals surface area contributed by atoms with Crippen molar-refractivity contribution >= 4 is 51.5 Å². The molecule has 3 amide bonds. The highest BCUT2D eigenvalue weighted by Crippen LogP contribution is 2.64. The maximum absolute atomic E-state index is 13.2. The minimum absolute atomic E-state index is 0.0215. The molecular weight excluding hydrogens is 514 g/mol. The first-order valence-corrected chi connectivity index (χ1v) is 12.2. The SMILES string of the molecule is CC1(C)[C@@H]2C(C(=O)N[C@H](C=O)C[C@@H]3CCNC3=O)N(C(=O)COc3ccc(Cl)c(Br)c3)C[C@@H]21. The summed E-state index contributed by atoms with van der Waals surface area (Å²) < 4.78 is 6.30. The van der Waals surface area contributed by atoms with E-state index in [2.05, 4.69) is 40.4 Å². The lowest BCUT2D eigenvalue weighted by molar-refractivity contribution is -0.142. The highest BCUT2D eigenvalue weighted by atomic mass is 79.9. The summed E-state index contributed by atoms with van der Waals surface area (Å²) in [6.45, 7) is 5.02. The predicted molar refractivity (Wildman–Crippen MR) is 125 cm³/mol. The first-order chi connectivity index (χ1) is 15.6.